The number of hydrogen-bond acceptors (Lipinski definition) is 6. The highest BCUT2D eigenvalue weighted by Crippen LogP contribution is 2.39. The van der Waals surface area contributed by atoms with Crippen molar-refractivity contribution in [3.63, 3.8) is 0 Å². The number of aromatic nitrogens is 1. The lowest BCUT2D eigenvalue weighted by molar-refractivity contribution is -0.124. The number of methoxy groups -OCH3 is 1. The fourth-order valence-electron chi connectivity index (χ4n) is 6.29. The molecule has 0 bridgehead atoms. The van der Waals surface area contributed by atoms with Crippen molar-refractivity contribution in [3.05, 3.63) is 64.8 Å². The highest BCUT2D eigenvalue weighted by atomic mass is 32.1. The van der Waals surface area contributed by atoms with Crippen LogP contribution in [0, 0.1) is 18.8 Å². The fourth-order valence-corrected chi connectivity index (χ4v) is 7.04. The van der Waals surface area contributed by atoms with Crippen molar-refractivity contribution < 1.29 is 24.5 Å². The van der Waals surface area contributed by atoms with Gasteiger partial charge in [0, 0.05) is 24.3 Å². The Balaban J connectivity index is 1.34. The number of rotatable bonds is 8. The molecule has 5 rings (SSSR count). The lowest BCUT2D eigenvalue weighted by Gasteiger charge is -2.36. The van der Waals surface area contributed by atoms with Crippen LogP contribution in [-0.2, 0) is 4.79 Å². The number of aliphatic hydroxyl groups is 1. The number of carboxylic acids is 1. The van der Waals surface area contributed by atoms with E-state index in [9.17, 15) is 19.8 Å². The zero-order valence-electron chi connectivity index (χ0n) is 23.2. The number of aromatic carboxylic acids is 1. The molecule has 0 unspecified atom stereocenters. The number of anilines is 1. The third-order valence-electron chi connectivity index (χ3n) is 8.62. The second-order valence-corrected chi connectivity index (χ2v) is 12.3. The maximum atomic E-state index is 13.9. The predicted molar refractivity (Wildman–Crippen MR) is 157 cm³/mol. The van der Waals surface area contributed by atoms with Gasteiger partial charge in [-0.1, -0.05) is 24.3 Å². The molecule has 2 fully saturated rings. The van der Waals surface area contributed by atoms with Crippen LogP contribution in [0.25, 0.3) is 10.4 Å². The molecule has 212 valence electrons. The monoisotopic (exact) mass is 562 g/mol. The number of aliphatic hydroxyl groups excluding tert-OH is 1. The molecule has 7 nitrogen and oxygen atoms in total. The number of carboxylic acid groups (broad SMARTS) is 1. The van der Waals surface area contributed by atoms with Crippen molar-refractivity contribution in [2.45, 2.75) is 70.3 Å². The first-order valence-electron chi connectivity index (χ1n) is 14.3. The van der Waals surface area contributed by atoms with Crippen molar-refractivity contribution in [3.8, 4) is 16.2 Å². The summed E-state index contributed by atoms with van der Waals surface area (Å²) in [5.74, 6) is 0.841. The molecule has 2 aromatic carbocycles. The van der Waals surface area contributed by atoms with Gasteiger partial charge >= 0.3 is 5.97 Å². The molecule has 0 radical (unpaired) electrons. The summed E-state index contributed by atoms with van der Waals surface area (Å²) in [4.78, 5) is 32.1. The molecule has 2 aliphatic rings. The number of benzene rings is 2. The Bertz CT molecular complexity index is 1340. The lowest BCUT2D eigenvalue weighted by Crippen LogP contribution is -2.41. The molecule has 3 aromatic rings. The van der Waals surface area contributed by atoms with E-state index < -0.39 is 5.97 Å². The van der Waals surface area contributed by atoms with E-state index in [-0.39, 0.29) is 22.9 Å². The predicted octanol–water partition coefficient (Wildman–Crippen LogP) is 6.68. The van der Waals surface area contributed by atoms with Gasteiger partial charge in [0.2, 0.25) is 10.9 Å². The first kappa shape index (κ1) is 28.3. The van der Waals surface area contributed by atoms with Gasteiger partial charge in [-0.25, -0.2) is 9.78 Å². The van der Waals surface area contributed by atoms with Crippen LogP contribution in [0.3, 0.4) is 0 Å². The summed E-state index contributed by atoms with van der Waals surface area (Å²) in [6.07, 6.45) is 8.30. The topological polar surface area (TPSA) is 100.0 Å². The van der Waals surface area contributed by atoms with E-state index in [1.54, 1.807) is 13.3 Å². The third kappa shape index (κ3) is 6.39. The molecule has 2 N–H and O–H groups in total. The van der Waals surface area contributed by atoms with Crippen molar-refractivity contribution in [2.75, 3.05) is 18.6 Å². The molecule has 0 saturated heterocycles. The minimum absolute atomic E-state index is 0.0536. The van der Waals surface area contributed by atoms with Gasteiger partial charge in [0.15, 0.2) is 0 Å². The van der Waals surface area contributed by atoms with Crippen LogP contribution in [0.5, 0.6) is 5.75 Å². The molecular weight excluding hydrogens is 524 g/mol. The van der Waals surface area contributed by atoms with Crippen LogP contribution in [0.15, 0.2) is 48.7 Å². The summed E-state index contributed by atoms with van der Waals surface area (Å²) < 4.78 is 5.44. The average Bonchev–Trinajstić information content (AvgIpc) is 3.47. The normalized spacial score (nSPS) is 23.0. The van der Waals surface area contributed by atoms with Gasteiger partial charge in [0.05, 0.1) is 18.1 Å². The first-order valence-corrected chi connectivity index (χ1v) is 15.1. The summed E-state index contributed by atoms with van der Waals surface area (Å²) in [7, 11) is 1.70. The van der Waals surface area contributed by atoms with Gasteiger partial charge in [0.25, 0.3) is 0 Å². The number of carbonyl (C=O) groups is 2. The molecule has 0 aliphatic heterocycles. The Morgan fingerprint density at radius 3 is 2.42 bits per heavy atom. The van der Waals surface area contributed by atoms with E-state index >= 15 is 0 Å². The third-order valence-corrected chi connectivity index (χ3v) is 9.66. The number of hydrogen-bond donors (Lipinski definition) is 2. The van der Waals surface area contributed by atoms with Crippen molar-refractivity contribution in [2.24, 2.45) is 11.8 Å². The number of thiazole rings is 1. The number of nitrogens with zero attached hydrogens (tertiary/aromatic N) is 2. The van der Waals surface area contributed by atoms with E-state index in [1.165, 1.54) is 5.56 Å². The van der Waals surface area contributed by atoms with Crippen LogP contribution >= 0.6 is 11.3 Å². The molecular formula is C32H38N2O5S. The van der Waals surface area contributed by atoms with Gasteiger partial charge in [-0.15, -0.1) is 11.3 Å². The van der Waals surface area contributed by atoms with Crippen LogP contribution in [0.4, 0.5) is 5.69 Å². The highest BCUT2D eigenvalue weighted by molar-refractivity contribution is 7.16. The van der Waals surface area contributed by atoms with E-state index in [2.05, 4.69) is 30.1 Å². The Morgan fingerprint density at radius 2 is 1.77 bits per heavy atom. The molecule has 2 saturated carbocycles. The molecule has 2 aliphatic carbocycles. The Labute approximate surface area is 239 Å². The average molecular weight is 563 g/mol. The van der Waals surface area contributed by atoms with Crippen LogP contribution in [0.1, 0.15) is 78.2 Å². The van der Waals surface area contributed by atoms with Gasteiger partial charge in [-0.05, 0) is 105 Å². The smallest absolute Gasteiger partial charge is 0.365 e. The minimum atomic E-state index is -1.04. The Morgan fingerprint density at radius 1 is 1.02 bits per heavy atom. The zero-order valence-corrected chi connectivity index (χ0v) is 24.0. The zero-order chi connectivity index (χ0) is 28.2. The second-order valence-electron chi connectivity index (χ2n) is 11.3. The van der Waals surface area contributed by atoms with Crippen LogP contribution in [0.2, 0.25) is 0 Å². The highest BCUT2D eigenvalue weighted by Gasteiger charge is 2.32. The summed E-state index contributed by atoms with van der Waals surface area (Å²) in [5.41, 5.74) is 4.22. The van der Waals surface area contributed by atoms with Gasteiger partial charge in [0.1, 0.15) is 5.75 Å². The fraction of sp³-hybridized carbons (Fsp3) is 0.469. The molecule has 1 amide bonds. The number of amides is 1. The van der Waals surface area contributed by atoms with Crippen molar-refractivity contribution >= 4 is 28.9 Å². The first-order chi connectivity index (χ1) is 19.3. The molecule has 40 heavy (non-hydrogen) atoms. The van der Waals surface area contributed by atoms with Crippen molar-refractivity contribution in [1.29, 1.82) is 0 Å². The van der Waals surface area contributed by atoms with E-state index in [0.29, 0.717) is 44.1 Å². The van der Waals surface area contributed by atoms with Gasteiger partial charge in [-0.3, -0.25) is 4.79 Å². The number of ether oxygens (including phenoxy) is 1. The van der Waals surface area contributed by atoms with E-state index in [0.717, 1.165) is 64.5 Å². The second kappa shape index (κ2) is 12.5. The van der Waals surface area contributed by atoms with Crippen molar-refractivity contribution in [1.82, 2.24) is 4.98 Å². The summed E-state index contributed by atoms with van der Waals surface area (Å²) in [6.45, 7) is 2.75. The van der Waals surface area contributed by atoms with E-state index in [1.807, 2.05) is 29.2 Å². The Hall–Kier alpha value is -3.23. The molecule has 0 atom stereocenters. The molecule has 0 spiro atoms. The maximum absolute atomic E-state index is 13.9. The maximum Gasteiger partial charge on any atom is 0.365 e. The molecule has 1 heterocycles. The number of aryl methyl sites for hydroxylation is 1. The summed E-state index contributed by atoms with van der Waals surface area (Å²) in [5, 5.41) is 19.4. The summed E-state index contributed by atoms with van der Waals surface area (Å²) in [6, 6.07) is 14.3. The largest absolute Gasteiger partial charge is 0.496 e. The lowest BCUT2D eigenvalue weighted by atomic mass is 9.78. The van der Waals surface area contributed by atoms with Gasteiger partial charge in [-0.2, -0.15) is 0 Å². The standard InChI is InChI=1S/C32H38N2O5S/c1-20-16-24(12-15-28(20)39-2)22-8-6-21(7-9-22)19-34(31(36)23-10-13-27(35)14-11-23)26-5-3-4-25(17-26)29-18-33-30(40-29)32(37)38/h3-5,12,15-18,21-23,27,35H,6-11,13-14,19H2,1-2H3,(H,37,38)/t21-,22-,23-,27-. The number of carbonyl (C=O) groups excluding carboxylic acids is 1. The Kier molecular flexibility index (Phi) is 8.86. The van der Waals surface area contributed by atoms with Gasteiger partial charge < -0.3 is 19.8 Å². The minimum Gasteiger partial charge on any atom is -0.496 e. The van der Waals surface area contributed by atoms with Crippen LogP contribution < -0.4 is 9.64 Å². The molecule has 8 heteroatoms. The quantitative estimate of drug-likeness (QED) is 0.318. The van der Waals surface area contributed by atoms with E-state index in [4.69, 9.17) is 4.74 Å². The van der Waals surface area contributed by atoms with Crippen LogP contribution in [-0.4, -0.2) is 46.8 Å². The molecule has 1 aromatic heterocycles. The summed E-state index contributed by atoms with van der Waals surface area (Å²) >= 11 is 1.14. The SMILES string of the molecule is COc1ccc([C@H]2CC[C@H](CN(c3cccc(-c4cnc(C(=O)O)s4)c3)C(=O)[C@H]3CC[C@H](O)CC3)CC2)cc1C.